The number of amides is 2. The summed E-state index contributed by atoms with van der Waals surface area (Å²) in [6, 6.07) is 16.6. The van der Waals surface area contributed by atoms with Crippen LogP contribution in [0.25, 0.3) is 0 Å². The SMILES string of the molecule is Cc1cc(C(=O)NCc2ccc(Cl)c(Cl)c2)ccc1N1C(=O)CSC1c1ccc(F)cc1. The topological polar surface area (TPSA) is 49.4 Å². The van der Waals surface area contributed by atoms with Crippen molar-refractivity contribution in [3.8, 4) is 0 Å². The normalized spacial score (nSPS) is 15.8. The van der Waals surface area contributed by atoms with Gasteiger partial charge in [-0.05, 0) is 66.1 Å². The largest absolute Gasteiger partial charge is 0.348 e. The lowest BCUT2D eigenvalue weighted by Gasteiger charge is -2.26. The van der Waals surface area contributed by atoms with Crippen LogP contribution in [0.4, 0.5) is 10.1 Å². The van der Waals surface area contributed by atoms with Gasteiger partial charge in [0.05, 0.1) is 15.8 Å². The van der Waals surface area contributed by atoms with Crippen molar-refractivity contribution in [2.24, 2.45) is 0 Å². The number of hydrogen-bond donors (Lipinski definition) is 1. The summed E-state index contributed by atoms with van der Waals surface area (Å²) in [5.74, 6) is -0.234. The number of carbonyl (C=O) groups is 2. The molecule has 0 aliphatic carbocycles. The first-order chi connectivity index (χ1) is 15.3. The van der Waals surface area contributed by atoms with Crippen LogP contribution in [-0.2, 0) is 11.3 Å². The van der Waals surface area contributed by atoms with Gasteiger partial charge in [0.2, 0.25) is 5.91 Å². The molecule has 1 fully saturated rings. The van der Waals surface area contributed by atoms with Gasteiger partial charge in [-0.3, -0.25) is 14.5 Å². The van der Waals surface area contributed by atoms with E-state index in [9.17, 15) is 14.0 Å². The van der Waals surface area contributed by atoms with E-state index in [1.54, 1.807) is 53.4 Å². The molecule has 0 saturated carbocycles. The molecule has 1 aliphatic rings. The minimum atomic E-state index is -0.318. The first-order valence-corrected chi connectivity index (χ1v) is 11.7. The third-order valence-corrected chi connectivity index (χ3v) is 7.13. The maximum atomic E-state index is 13.3. The molecule has 2 amide bonds. The van der Waals surface area contributed by atoms with E-state index < -0.39 is 0 Å². The summed E-state index contributed by atoms with van der Waals surface area (Å²) in [4.78, 5) is 27.0. The molecule has 3 aromatic carbocycles. The highest BCUT2D eigenvalue weighted by molar-refractivity contribution is 8.00. The summed E-state index contributed by atoms with van der Waals surface area (Å²) in [6.45, 7) is 2.17. The molecule has 1 atom stereocenters. The number of benzene rings is 3. The number of nitrogens with one attached hydrogen (secondary N) is 1. The zero-order valence-corrected chi connectivity index (χ0v) is 19.4. The third-order valence-electron chi connectivity index (χ3n) is 5.18. The molecule has 4 rings (SSSR count). The number of aryl methyl sites for hydroxylation is 1. The molecular formula is C24H19Cl2FN2O2S. The fourth-order valence-electron chi connectivity index (χ4n) is 3.56. The minimum absolute atomic E-state index is 0.0238. The van der Waals surface area contributed by atoms with Crippen LogP contribution >= 0.6 is 35.0 Å². The molecule has 164 valence electrons. The van der Waals surface area contributed by atoms with Gasteiger partial charge >= 0.3 is 0 Å². The van der Waals surface area contributed by atoms with Gasteiger partial charge in [0.25, 0.3) is 5.91 Å². The fourth-order valence-corrected chi connectivity index (χ4v) is 5.05. The Morgan fingerprint density at radius 3 is 2.53 bits per heavy atom. The highest BCUT2D eigenvalue weighted by atomic mass is 35.5. The van der Waals surface area contributed by atoms with Crippen molar-refractivity contribution in [2.75, 3.05) is 10.7 Å². The summed E-state index contributed by atoms with van der Waals surface area (Å²) in [7, 11) is 0. The second-order valence-corrected chi connectivity index (χ2v) is 9.29. The van der Waals surface area contributed by atoms with Gasteiger partial charge in [-0.1, -0.05) is 41.4 Å². The van der Waals surface area contributed by atoms with Crippen molar-refractivity contribution in [3.63, 3.8) is 0 Å². The Bertz CT molecular complexity index is 1190. The number of anilines is 1. The molecular weight excluding hydrogens is 470 g/mol. The number of halogens is 3. The maximum absolute atomic E-state index is 13.3. The third kappa shape index (κ3) is 4.77. The van der Waals surface area contributed by atoms with Crippen molar-refractivity contribution in [1.82, 2.24) is 5.32 Å². The van der Waals surface area contributed by atoms with Crippen LogP contribution in [0, 0.1) is 12.7 Å². The van der Waals surface area contributed by atoms with Crippen molar-refractivity contribution < 1.29 is 14.0 Å². The Balaban J connectivity index is 1.51. The Labute approximate surface area is 199 Å². The lowest BCUT2D eigenvalue weighted by molar-refractivity contribution is -0.115. The van der Waals surface area contributed by atoms with Gasteiger partial charge < -0.3 is 5.32 Å². The molecule has 32 heavy (non-hydrogen) atoms. The number of hydrogen-bond acceptors (Lipinski definition) is 3. The van der Waals surface area contributed by atoms with E-state index in [4.69, 9.17) is 23.2 Å². The monoisotopic (exact) mass is 488 g/mol. The van der Waals surface area contributed by atoms with Crippen molar-refractivity contribution >= 4 is 52.5 Å². The van der Waals surface area contributed by atoms with Crippen LogP contribution in [0.15, 0.2) is 60.7 Å². The molecule has 1 saturated heterocycles. The van der Waals surface area contributed by atoms with Gasteiger partial charge in [-0.2, -0.15) is 0 Å². The number of nitrogens with zero attached hydrogens (tertiary/aromatic N) is 1. The maximum Gasteiger partial charge on any atom is 0.251 e. The number of rotatable bonds is 5. The Morgan fingerprint density at radius 1 is 1.09 bits per heavy atom. The second kappa shape index (κ2) is 9.53. The van der Waals surface area contributed by atoms with Crippen LogP contribution in [-0.4, -0.2) is 17.6 Å². The van der Waals surface area contributed by atoms with Gasteiger partial charge in [-0.15, -0.1) is 11.8 Å². The molecule has 1 unspecified atom stereocenters. The Morgan fingerprint density at radius 2 is 1.84 bits per heavy atom. The molecule has 1 aliphatic heterocycles. The van der Waals surface area contributed by atoms with Crippen molar-refractivity contribution in [3.05, 3.63) is 98.8 Å². The highest BCUT2D eigenvalue weighted by Gasteiger charge is 2.34. The quantitative estimate of drug-likeness (QED) is 0.468. The predicted octanol–water partition coefficient (Wildman–Crippen LogP) is 6.15. The average Bonchev–Trinajstić information content (AvgIpc) is 3.16. The zero-order chi connectivity index (χ0) is 22.8. The molecule has 0 radical (unpaired) electrons. The van der Waals surface area contributed by atoms with E-state index in [1.807, 2.05) is 6.92 Å². The predicted molar refractivity (Wildman–Crippen MR) is 128 cm³/mol. The molecule has 0 aromatic heterocycles. The van der Waals surface area contributed by atoms with E-state index >= 15 is 0 Å². The fraction of sp³-hybridized carbons (Fsp3) is 0.167. The van der Waals surface area contributed by atoms with Gasteiger partial charge in [0, 0.05) is 17.8 Å². The molecule has 3 aromatic rings. The summed E-state index contributed by atoms with van der Waals surface area (Å²) < 4.78 is 13.3. The summed E-state index contributed by atoms with van der Waals surface area (Å²) in [6.07, 6.45) is 0. The number of carbonyl (C=O) groups excluding carboxylic acids is 2. The van der Waals surface area contributed by atoms with Crippen LogP contribution in [0.2, 0.25) is 10.0 Å². The molecule has 8 heteroatoms. The van der Waals surface area contributed by atoms with Gasteiger partial charge in [-0.25, -0.2) is 4.39 Å². The zero-order valence-electron chi connectivity index (χ0n) is 17.1. The molecule has 4 nitrogen and oxygen atoms in total. The molecule has 0 bridgehead atoms. The molecule has 1 N–H and O–H groups in total. The molecule has 0 spiro atoms. The van der Waals surface area contributed by atoms with E-state index in [-0.39, 0.29) is 23.0 Å². The first-order valence-electron chi connectivity index (χ1n) is 9.85. The Hall–Kier alpha value is -2.54. The van der Waals surface area contributed by atoms with Crippen molar-refractivity contribution in [1.29, 1.82) is 0 Å². The molecule has 1 heterocycles. The van der Waals surface area contributed by atoms with E-state index in [0.29, 0.717) is 27.9 Å². The van der Waals surface area contributed by atoms with E-state index in [2.05, 4.69) is 5.32 Å². The minimum Gasteiger partial charge on any atom is -0.348 e. The standard InChI is InChI=1S/C24H19Cl2FN2O2S/c1-14-10-17(23(31)28-12-15-2-8-19(25)20(26)11-15)5-9-21(14)29-22(30)13-32-24(29)16-3-6-18(27)7-4-16/h2-11,24H,12-13H2,1H3,(H,28,31). The lowest BCUT2D eigenvalue weighted by Crippen LogP contribution is -2.29. The van der Waals surface area contributed by atoms with E-state index in [0.717, 1.165) is 22.4 Å². The summed E-state index contributed by atoms with van der Waals surface area (Å²) >= 11 is 13.4. The van der Waals surface area contributed by atoms with E-state index in [1.165, 1.54) is 23.9 Å². The Kier molecular flexibility index (Phi) is 6.74. The van der Waals surface area contributed by atoms with Gasteiger partial charge in [0.1, 0.15) is 11.2 Å². The second-order valence-electron chi connectivity index (χ2n) is 7.41. The van der Waals surface area contributed by atoms with Crippen LogP contribution in [0.5, 0.6) is 0 Å². The van der Waals surface area contributed by atoms with Crippen molar-refractivity contribution in [2.45, 2.75) is 18.8 Å². The van der Waals surface area contributed by atoms with Crippen LogP contribution in [0.1, 0.15) is 32.4 Å². The first kappa shape index (κ1) is 22.6. The number of thioether (sulfide) groups is 1. The average molecular weight is 489 g/mol. The van der Waals surface area contributed by atoms with Gasteiger partial charge in [0.15, 0.2) is 0 Å². The smallest absolute Gasteiger partial charge is 0.251 e. The summed E-state index contributed by atoms with van der Waals surface area (Å²) in [5.41, 5.74) is 3.71. The van der Waals surface area contributed by atoms with Crippen LogP contribution in [0.3, 0.4) is 0 Å². The highest BCUT2D eigenvalue weighted by Crippen LogP contribution is 2.42. The lowest BCUT2D eigenvalue weighted by atomic mass is 10.1. The summed E-state index contributed by atoms with van der Waals surface area (Å²) in [5, 5.41) is 3.52. The van der Waals surface area contributed by atoms with Crippen LogP contribution < -0.4 is 10.2 Å².